The van der Waals surface area contributed by atoms with Crippen LogP contribution in [0.2, 0.25) is 0 Å². The van der Waals surface area contributed by atoms with Gasteiger partial charge >= 0.3 is 5.97 Å². The lowest BCUT2D eigenvalue weighted by Crippen LogP contribution is -2.25. The summed E-state index contributed by atoms with van der Waals surface area (Å²) in [7, 11) is 1.29. The summed E-state index contributed by atoms with van der Waals surface area (Å²) in [4.78, 5) is 34.7. The molecule has 7 heteroatoms. The topological polar surface area (TPSA) is 84.4 Å². The molecule has 0 saturated carbocycles. The summed E-state index contributed by atoms with van der Waals surface area (Å²) >= 11 is 0. The number of anilines is 2. The monoisotopic (exact) mass is 328 g/mol. The molecular weight excluding hydrogens is 308 g/mol. The number of para-hydroxylation sites is 1. The van der Waals surface area contributed by atoms with Gasteiger partial charge in [0.1, 0.15) is 5.69 Å². The van der Waals surface area contributed by atoms with E-state index in [1.54, 1.807) is 30.5 Å². The van der Waals surface area contributed by atoms with E-state index in [2.05, 4.69) is 15.3 Å². The van der Waals surface area contributed by atoms with Gasteiger partial charge in [-0.15, -0.1) is 0 Å². The maximum absolute atomic E-state index is 12.5. The number of nitrogens with one attached hydrogen (secondary N) is 1. The molecule has 0 spiro atoms. The highest BCUT2D eigenvalue weighted by Crippen LogP contribution is 2.17. The molecule has 0 aliphatic heterocycles. The van der Waals surface area contributed by atoms with Gasteiger partial charge in [0.25, 0.3) is 5.91 Å². The molecule has 7 nitrogen and oxygen atoms in total. The van der Waals surface area contributed by atoms with Crippen molar-refractivity contribution in [1.82, 2.24) is 9.97 Å². The van der Waals surface area contributed by atoms with E-state index in [0.29, 0.717) is 11.6 Å². The molecule has 0 aliphatic carbocycles. The summed E-state index contributed by atoms with van der Waals surface area (Å²) in [5.74, 6) is -0.437. The Morgan fingerprint density at radius 1 is 1.17 bits per heavy atom. The van der Waals surface area contributed by atoms with Gasteiger partial charge in [-0.25, -0.2) is 14.8 Å². The van der Waals surface area contributed by atoms with Crippen LogP contribution in [0.15, 0.2) is 36.5 Å². The molecule has 0 saturated heterocycles. The third kappa shape index (κ3) is 3.87. The van der Waals surface area contributed by atoms with Crippen molar-refractivity contribution in [3.05, 3.63) is 47.8 Å². The van der Waals surface area contributed by atoms with Crippen LogP contribution in [0.5, 0.6) is 0 Å². The van der Waals surface area contributed by atoms with Gasteiger partial charge in [0, 0.05) is 19.3 Å². The summed E-state index contributed by atoms with van der Waals surface area (Å²) in [6.45, 7) is 5.47. The van der Waals surface area contributed by atoms with Crippen molar-refractivity contribution in [2.45, 2.75) is 13.8 Å². The molecule has 0 bridgehead atoms. The van der Waals surface area contributed by atoms with E-state index in [1.165, 1.54) is 13.2 Å². The van der Waals surface area contributed by atoms with E-state index in [-0.39, 0.29) is 11.3 Å². The number of benzene rings is 1. The zero-order chi connectivity index (χ0) is 17.5. The second-order valence-corrected chi connectivity index (χ2v) is 4.91. The standard InChI is InChI=1S/C17H20N4O3/c1-4-21(5-2)17-18-11-10-14(20-17)15(22)19-13-9-7-6-8-12(13)16(23)24-3/h6-11H,4-5H2,1-3H3,(H,19,22). The van der Waals surface area contributed by atoms with E-state index >= 15 is 0 Å². The van der Waals surface area contributed by atoms with Crippen LogP contribution in [-0.2, 0) is 4.74 Å². The second-order valence-electron chi connectivity index (χ2n) is 4.91. The fourth-order valence-electron chi connectivity index (χ4n) is 2.20. The predicted molar refractivity (Wildman–Crippen MR) is 91.3 cm³/mol. The molecule has 0 aliphatic rings. The number of hydrogen-bond acceptors (Lipinski definition) is 6. The van der Waals surface area contributed by atoms with Crippen LogP contribution in [0.1, 0.15) is 34.7 Å². The first-order chi connectivity index (χ1) is 11.6. The van der Waals surface area contributed by atoms with Gasteiger partial charge in [0.05, 0.1) is 18.4 Å². The lowest BCUT2D eigenvalue weighted by Gasteiger charge is -2.18. The molecule has 1 aromatic carbocycles. The van der Waals surface area contributed by atoms with Crippen LogP contribution in [0.4, 0.5) is 11.6 Å². The highest BCUT2D eigenvalue weighted by molar-refractivity contribution is 6.07. The molecule has 1 amide bonds. The maximum Gasteiger partial charge on any atom is 0.339 e. The van der Waals surface area contributed by atoms with Gasteiger partial charge in [-0.05, 0) is 32.0 Å². The highest BCUT2D eigenvalue weighted by Gasteiger charge is 2.16. The average molecular weight is 328 g/mol. The van der Waals surface area contributed by atoms with Crippen LogP contribution < -0.4 is 10.2 Å². The largest absolute Gasteiger partial charge is 0.465 e. The zero-order valence-electron chi connectivity index (χ0n) is 13.9. The Bertz CT molecular complexity index is 729. The SMILES string of the molecule is CCN(CC)c1nccc(C(=O)Nc2ccccc2C(=O)OC)n1. The van der Waals surface area contributed by atoms with E-state index < -0.39 is 11.9 Å². The van der Waals surface area contributed by atoms with Crippen LogP contribution in [0.3, 0.4) is 0 Å². The second kappa shape index (κ2) is 8.05. The molecular formula is C17H20N4O3. The molecule has 1 heterocycles. The first-order valence-electron chi connectivity index (χ1n) is 7.67. The van der Waals surface area contributed by atoms with Gasteiger partial charge in [0.15, 0.2) is 0 Å². The lowest BCUT2D eigenvalue weighted by atomic mass is 10.1. The minimum atomic E-state index is -0.516. The Balaban J connectivity index is 2.25. The van der Waals surface area contributed by atoms with E-state index in [0.717, 1.165) is 13.1 Å². The molecule has 24 heavy (non-hydrogen) atoms. The van der Waals surface area contributed by atoms with Crippen molar-refractivity contribution < 1.29 is 14.3 Å². The Kier molecular flexibility index (Phi) is 5.83. The van der Waals surface area contributed by atoms with Gasteiger partial charge < -0.3 is 15.0 Å². The molecule has 2 aromatic rings. The van der Waals surface area contributed by atoms with Crippen LogP contribution in [-0.4, -0.2) is 42.0 Å². The Morgan fingerprint density at radius 2 is 1.88 bits per heavy atom. The minimum Gasteiger partial charge on any atom is -0.465 e. The van der Waals surface area contributed by atoms with Crippen molar-refractivity contribution in [2.24, 2.45) is 0 Å². The first-order valence-corrected chi connectivity index (χ1v) is 7.67. The number of ether oxygens (including phenoxy) is 1. The van der Waals surface area contributed by atoms with Crippen molar-refractivity contribution in [2.75, 3.05) is 30.4 Å². The van der Waals surface area contributed by atoms with Crippen LogP contribution >= 0.6 is 0 Å². The Labute approximate surface area is 140 Å². The van der Waals surface area contributed by atoms with Gasteiger partial charge in [0.2, 0.25) is 5.95 Å². The van der Waals surface area contributed by atoms with Gasteiger partial charge in [-0.1, -0.05) is 12.1 Å². The number of methoxy groups -OCH3 is 1. The number of aromatic nitrogens is 2. The Hall–Kier alpha value is -2.96. The van der Waals surface area contributed by atoms with Crippen molar-refractivity contribution in [3.8, 4) is 0 Å². The number of rotatable bonds is 6. The lowest BCUT2D eigenvalue weighted by molar-refractivity contribution is 0.0602. The summed E-state index contributed by atoms with van der Waals surface area (Å²) in [5, 5.41) is 2.70. The quantitative estimate of drug-likeness (QED) is 0.820. The van der Waals surface area contributed by atoms with Crippen molar-refractivity contribution in [3.63, 3.8) is 0 Å². The van der Waals surface area contributed by atoms with Gasteiger partial charge in [-0.3, -0.25) is 4.79 Å². The molecule has 0 atom stereocenters. The molecule has 0 unspecified atom stereocenters. The molecule has 1 N–H and O–H groups in total. The summed E-state index contributed by atoms with van der Waals surface area (Å²) in [5.41, 5.74) is 0.885. The summed E-state index contributed by atoms with van der Waals surface area (Å²) in [6.07, 6.45) is 1.54. The summed E-state index contributed by atoms with van der Waals surface area (Å²) < 4.78 is 4.72. The molecule has 1 aromatic heterocycles. The Morgan fingerprint density at radius 3 is 2.54 bits per heavy atom. The molecule has 0 radical (unpaired) electrons. The fourth-order valence-corrected chi connectivity index (χ4v) is 2.20. The number of carbonyl (C=O) groups excluding carboxylic acids is 2. The normalized spacial score (nSPS) is 10.1. The summed E-state index contributed by atoms with van der Waals surface area (Å²) in [6, 6.07) is 8.18. The molecule has 0 fully saturated rings. The number of hydrogen-bond donors (Lipinski definition) is 1. The highest BCUT2D eigenvalue weighted by atomic mass is 16.5. The van der Waals surface area contributed by atoms with E-state index in [1.807, 2.05) is 18.7 Å². The number of esters is 1. The number of amides is 1. The number of nitrogens with zero attached hydrogens (tertiary/aromatic N) is 3. The van der Waals surface area contributed by atoms with E-state index in [9.17, 15) is 9.59 Å². The number of carbonyl (C=O) groups is 2. The fraction of sp³-hybridized carbons (Fsp3) is 0.294. The average Bonchev–Trinajstić information content (AvgIpc) is 2.63. The molecule has 126 valence electrons. The third-order valence-corrected chi connectivity index (χ3v) is 3.50. The predicted octanol–water partition coefficient (Wildman–Crippen LogP) is 2.36. The maximum atomic E-state index is 12.5. The first kappa shape index (κ1) is 17.4. The van der Waals surface area contributed by atoms with Gasteiger partial charge in [-0.2, -0.15) is 0 Å². The molecule has 2 rings (SSSR count). The van der Waals surface area contributed by atoms with Crippen molar-refractivity contribution in [1.29, 1.82) is 0 Å². The van der Waals surface area contributed by atoms with Crippen LogP contribution in [0, 0.1) is 0 Å². The smallest absolute Gasteiger partial charge is 0.339 e. The van der Waals surface area contributed by atoms with E-state index in [4.69, 9.17) is 4.74 Å². The minimum absolute atomic E-state index is 0.228. The van der Waals surface area contributed by atoms with Crippen LogP contribution in [0.25, 0.3) is 0 Å². The zero-order valence-corrected chi connectivity index (χ0v) is 13.9. The third-order valence-electron chi connectivity index (χ3n) is 3.50. The van der Waals surface area contributed by atoms with Crippen molar-refractivity contribution >= 4 is 23.5 Å².